The Bertz CT molecular complexity index is 680. The largest absolute Gasteiger partial charge is 0.355 e. The van der Waals surface area contributed by atoms with Crippen molar-refractivity contribution in [2.75, 3.05) is 13.1 Å². The first-order valence-corrected chi connectivity index (χ1v) is 7.81. The number of carbonyl (C=O) groups is 1. The maximum Gasteiger partial charge on any atom is 0.252 e. The molecule has 0 radical (unpaired) electrons. The van der Waals surface area contributed by atoms with Gasteiger partial charge in [0, 0.05) is 30.4 Å². The Morgan fingerprint density at radius 2 is 2.30 bits per heavy atom. The lowest BCUT2D eigenvalue weighted by Gasteiger charge is -2.13. The molecule has 126 valence electrons. The van der Waals surface area contributed by atoms with E-state index >= 15 is 0 Å². The highest BCUT2D eigenvalue weighted by atomic mass is 35.5. The second-order valence-electron chi connectivity index (χ2n) is 5.83. The molecule has 2 aromatic rings. The minimum Gasteiger partial charge on any atom is -0.355 e. The van der Waals surface area contributed by atoms with Crippen LogP contribution in [0, 0.1) is 13.8 Å². The molecule has 2 N–H and O–H groups in total. The van der Waals surface area contributed by atoms with E-state index in [4.69, 9.17) is 0 Å². The van der Waals surface area contributed by atoms with Gasteiger partial charge in [0.25, 0.3) is 5.78 Å². The molecule has 0 aromatic carbocycles. The Morgan fingerprint density at radius 3 is 3.04 bits per heavy atom. The van der Waals surface area contributed by atoms with Gasteiger partial charge >= 0.3 is 0 Å². The van der Waals surface area contributed by atoms with E-state index in [0.717, 1.165) is 36.5 Å². The normalized spacial score (nSPS) is 17.2. The fraction of sp³-hybridized carbons (Fsp3) is 0.600. The number of fused-ring (bicyclic) bond motifs is 1. The number of carbonyl (C=O) groups excluding carboxylic acids is 1. The van der Waals surface area contributed by atoms with Gasteiger partial charge in [0.1, 0.15) is 6.33 Å². The first-order chi connectivity index (χ1) is 10.6. The molecule has 7 nitrogen and oxygen atoms in total. The Kier molecular flexibility index (Phi) is 5.90. The van der Waals surface area contributed by atoms with Crippen molar-refractivity contribution < 1.29 is 4.79 Å². The summed E-state index contributed by atoms with van der Waals surface area (Å²) in [5.74, 6) is 0.696. The van der Waals surface area contributed by atoms with E-state index in [9.17, 15) is 4.79 Å². The van der Waals surface area contributed by atoms with Gasteiger partial charge in [-0.05, 0) is 45.2 Å². The van der Waals surface area contributed by atoms with Crippen molar-refractivity contribution in [3.63, 3.8) is 0 Å². The predicted octanol–water partition coefficient (Wildman–Crippen LogP) is 0.964. The van der Waals surface area contributed by atoms with Crippen LogP contribution in [0.2, 0.25) is 0 Å². The zero-order valence-corrected chi connectivity index (χ0v) is 14.3. The number of aryl methyl sites for hydroxylation is 2. The van der Waals surface area contributed by atoms with Crippen LogP contribution in [0.4, 0.5) is 0 Å². The van der Waals surface area contributed by atoms with Crippen molar-refractivity contribution in [3.8, 4) is 0 Å². The quantitative estimate of drug-likeness (QED) is 0.848. The zero-order chi connectivity index (χ0) is 15.5. The number of hydrogen-bond donors (Lipinski definition) is 2. The lowest BCUT2D eigenvalue weighted by Crippen LogP contribution is -2.37. The second-order valence-corrected chi connectivity index (χ2v) is 5.83. The molecular formula is C15H23ClN6O. The molecule has 1 atom stereocenters. The smallest absolute Gasteiger partial charge is 0.252 e. The van der Waals surface area contributed by atoms with Crippen molar-refractivity contribution in [3.05, 3.63) is 23.3 Å². The molecule has 3 heterocycles. The van der Waals surface area contributed by atoms with Crippen LogP contribution in [0.5, 0.6) is 0 Å². The lowest BCUT2D eigenvalue weighted by atomic mass is 10.1. The number of rotatable bonds is 5. The molecule has 1 amide bonds. The van der Waals surface area contributed by atoms with Gasteiger partial charge in [-0.15, -0.1) is 12.4 Å². The Hall–Kier alpha value is -1.73. The van der Waals surface area contributed by atoms with Crippen molar-refractivity contribution in [2.45, 2.75) is 45.6 Å². The molecule has 0 aliphatic carbocycles. The van der Waals surface area contributed by atoms with Crippen LogP contribution in [0.1, 0.15) is 36.2 Å². The average Bonchev–Trinajstić information content (AvgIpc) is 3.15. The third-order valence-corrected chi connectivity index (χ3v) is 4.30. The van der Waals surface area contributed by atoms with Gasteiger partial charge in [-0.1, -0.05) is 0 Å². The summed E-state index contributed by atoms with van der Waals surface area (Å²) in [5, 5.41) is 10.6. The topological polar surface area (TPSA) is 84.2 Å². The maximum absolute atomic E-state index is 12.0. The number of nitrogens with one attached hydrogen (secondary N) is 2. The van der Waals surface area contributed by atoms with Crippen LogP contribution in [-0.4, -0.2) is 44.6 Å². The van der Waals surface area contributed by atoms with E-state index in [1.54, 1.807) is 4.52 Å². The molecule has 1 aliphatic rings. The fourth-order valence-electron chi connectivity index (χ4n) is 3.01. The molecule has 1 aliphatic heterocycles. The molecular weight excluding hydrogens is 316 g/mol. The number of halogens is 1. The molecule has 0 bridgehead atoms. The van der Waals surface area contributed by atoms with E-state index < -0.39 is 0 Å². The van der Waals surface area contributed by atoms with Gasteiger partial charge < -0.3 is 10.6 Å². The second kappa shape index (κ2) is 7.70. The van der Waals surface area contributed by atoms with Gasteiger partial charge in [-0.3, -0.25) is 4.79 Å². The summed E-state index contributed by atoms with van der Waals surface area (Å²) in [5.41, 5.74) is 3.00. The summed E-state index contributed by atoms with van der Waals surface area (Å²) >= 11 is 0. The van der Waals surface area contributed by atoms with Crippen molar-refractivity contribution >= 4 is 24.1 Å². The zero-order valence-electron chi connectivity index (χ0n) is 13.5. The first kappa shape index (κ1) is 17.6. The first-order valence-electron chi connectivity index (χ1n) is 7.81. The highest BCUT2D eigenvalue weighted by Gasteiger charge is 2.16. The Morgan fingerprint density at radius 1 is 1.48 bits per heavy atom. The molecule has 23 heavy (non-hydrogen) atoms. The van der Waals surface area contributed by atoms with Crippen LogP contribution in [0.15, 0.2) is 6.33 Å². The number of amides is 1. The third kappa shape index (κ3) is 3.97. The van der Waals surface area contributed by atoms with Crippen molar-refractivity contribution in [1.82, 2.24) is 30.2 Å². The van der Waals surface area contributed by atoms with Crippen LogP contribution >= 0.6 is 12.4 Å². The molecule has 3 rings (SSSR count). The number of hydrogen-bond acceptors (Lipinski definition) is 5. The molecule has 0 saturated carbocycles. The molecule has 1 fully saturated rings. The van der Waals surface area contributed by atoms with Crippen LogP contribution in [0.3, 0.4) is 0 Å². The lowest BCUT2D eigenvalue weighted by molar-refractivity contribution is -0.121. The van der Waals surface area contributed by atoms with Crippen molar-refractivity contribution in [1.29, 1.82) is 0 Å². The molecule has 8 heteroatoms. The molecule has 1 saturated heterocycles. The fourth-order valence-corrected chi connectivity index (χ4v) is 3.01. The predicted molar refractivity (Wildman–Crippen MR) is 89.9 cm³/mol. The minimum atomic E-state index is 0. The standard InChI is InChI=1S/C15H22N6O.ClH/c1-10-13(11(2)21-15(20-10)18-9-19-21)5-6-14(22)17-8-12-4-3-7-16-12;/h9,12,16H,3-8H2,1-2H3,(H,17,22);1H. The summed E-state index contributed by atoms with van der Waals surface area (Å²) in [7, 11) is 0. The summed E-state index contributed by atoms with van der Waals surface area (Å²) in [4.78, 5) is 20.6. The maximum atomic E-state index is 12.0. The Labute approximate surface area is 141 Å². The Balaban J connectivity index is 0.00000192. The number of aromatic nitrogens is 4. The van der Waals surface area contributed by atoms with E-state index in [-0.39, 0.29) is 18.3 Å². The summed E-state index contributed by atoms with van der Waals surface area (Å²) in [6.07, 6.45) is 4.98. The summed E-state index contributed by atoms with van der Waals surface area (Å²) in [6, 6.07) is 0.431. The van der Waals surface area contributed by atoms with E-state index in [1.165, 1.54) is 12.7 Å². The van der Waals surface area contributed by atoms with Crippen molar-refractivity contribution in [2.24, 2.45) is 0 Å². The third-order valence-electron chi connectivity index (χ3n) is 4.30. The van der Waals surface area contributed by atoms with Crippen LogP contribution < -0.4 is 10.6 Å². The van der Waals surface area contributed by atoms with Crippen LogP contribution in [-0.2, 0) is 11.2 Å². The summed E-state index contributed by atoms with van der Waals surface area (Å²) in [6.45, 7) is 5.73. The monoisotopic (exact) mass is 338 g/mol. The van der Waals surface area contributed by atoms with Gasteiger partial charge in [0.2, 0.25) is 5.91 Å². The highest BCUT2D eigenvalue weighted by molar-refractivity contribution is 5.85. The SMILES string of the molecule is Cc1nc2ncnn2c(C)c1CCC(=O)NCC1CCCN1.Cl. The molecule has 1 unspecified atom stereocenters. The highest BCUT2D eigenvalue weighted by Crippen LogP contribution is 2.14. The van der Waals surface area contributed by atoms with Crippen LogP contribution in [0.25, 0.3) is 5.78 Å². The van der Waals surface area contributed by atoms with Gasteiger partial charge in [-0.25, -0.2) is 9.50 Å². The molecule has 0 spiro atoms. The van der Waals surface area contributed by atoms with E-state index in [1.807, 2.05) is 13.8 Å². The minimum absolute atomic E-state index is 0. The van der Waals surface area contributed by atoms with E-state index in [0.29, 0.717) is 24.7 Å². The molecule has 2 aromatic heterocycles. The van der Waals surface area contributed by atoms with E-state index in [2.05, 4.69) is 25.7 Å². The summed E-state index contributed by atoms with van der Waals surface area (Å²) < 4.78 is 1.72. The van der Waals surface area contributed by atoms with Gasteiger partial charge in [0.05, 0.1) is 0 Å². The average molecular weight is 339 g/mol. The number of nitrogens with zero attached hydrogens (tertiary/aromatic N) is 4. The van der Waals surface area contributed by atoms with Gasteiger partial charge in [0.15, 0.2) is 0 Å². The van der Waals surface area contributed by atoms with Gasteiger partial charge in [-0.2, -0.15) is 10.1 Å².